The van der Waals surface area contributed by atoms with Gasteiger partial charge in [0.15, 0.2) is 11.5 Å². The zero-order valence-corrected chi connectivity index (χ0v) is 11.4. The van der Waals surface area contributed by atoms with Gasteiger partial charge in [0.05, 0.1) is 13.0 Å². The predicted molar refractivity (Wildman–Crippen MR) is 68.8 cm³/mol. The lowest BCUT2D eigenvalue weighted by atomic mass is 9.99. The summed E-state index contributed by atoms with van der Waals surface area (Å²) in [5.41, 5.74) is 0.657. The topological polar surface area (TPSA) is 78.8 Å². The third kappa shape index (κ3) is 2.44. The standard InChI is InChI=1S/C12H14BrNO4/c1-18-10-4-7(13)3-8(11(10)15)9-2-6(5-14-9)12(16)17/h3-4,6,9,14-15H,2,5H2,1H3,(H,16,17). The van der Waals surface area contributed by atoms with E-state index >= 15 is 0 Å². The Balaban J connectivity index is 2.29. The van der Waals surface area contributed by atoms with E-state index in [-0.39, 0.29) is 11.8 Å². The molecule has 6 heteroatoms. The molecule has 98 valence electrons. The number of carboxylic acid groups (broad SMARTS) is 1. The number of halogens is 1. The molecule has 0 saturated carbocycles. The molecule has 1 heterocycles. The Morgan fingerprint density at radius 3 is 2.83 bits per heavy atom. The molecule has 1 aliphatic rings. The van der Waals surface area contributed by atoms with Gasteiger partial charge in [0.25, 0.3) is 0 Å². The fourth-order valence-corrected chi connectivity index (χ4v) is 2.63. The van der Waals surface area contributed by atoms with Crippen molar-refractivity contribution in [1.82, 2.24) is 5.32 Å². The third-order valence-corrected chi connectivity index (χ3v) is 3.60. The number of phenolic OH excluding ortho intramolecular Hbond substituents is 1. The first-order valence-corrected chi connectivity index (χ1v) is 6.34. The van der Waals surface area contributed by atoms with Crippen LogP contribution in [0.4, 0.5) is 0 Å². The minimum atomic E-state index is -0.813. The number of nitrogens with one attached hydrogen (secondary N) is 1. The maximum atomic E-state index is 10.9. The number of ether oxygens (including phenoxy) is 1. The van der Waals surface area contributed by atoms with Crippen molar-refractivity contribution in [1.29, 1.82) is 0 Å². The average Bonchev–Trinajstić information content (AvgIpc) is 2.81. The van der Waals surface area contributed by atoms with Crippen molar-refractivity contribution in [3.05, 3.63) is 22.2 Å². The lowest BCUT2D eigenvalue weighted by molar-refractivity contribution is -0.141. The number of methoxy groups -OCH3 is 1. The molecule has 5 nitrogen and oxygen atoms in total. The minimum absolute atomic E-state index is 0.0595. The number of carbonyl (C=O) groups is 1. The van der Waals surface area contributed by atoms with Gasteiger partial charge in [-0.1, -0.05) is 15.9 Å². The van der Waals surface area contributed by atoms with Gasteiger partial charge in [-0.15, -0.1) is 0 Å². The Labute approximate surface area is 113 Å². The Hall–Kier alpha value is -1.27. The zero-order chi connectivity index (χ0) is 13.3. The van der Waals surface area contributed by atoms with Gasteiger partial charge in [-0.25, -0.2) is 0 Å². The molecule has 2 atom stereocenters. The normalized spacial score (nSPS) is 23.0. The molecule has 1 saturated heterocycles. The molecule has 2 rings (SSSR count). The molecule has 0 aromatic heterocycles. The second-order valence-corrected chi connectivity index (χ2v) is 5.19. The van der Waals surface area contributed by atoms with E-state index in [0.717, 1.165) is 4.47 Å². The van der Waals surface area contributed by atoms with E-state index in [1.807, 2.05) is 0 Å². The molecule has 0 bridgehead atoms. The van der Waals surface area contributed by atoms with Gasteiger partial charge in [-0.05, 0) is 18.6 Å². The number of aliphatic carboxylic acids is 1. The monoisotopic (exact) mass is 315 g/mol. The predicted octanol–water partition coefficient (Wildman–Crippen LogP) is 1.90. The summed E-state index contributed by atoms with van der Waals surface area (Å²) in [6.45, 7) is 0.411. The van der Waals surface area contributed by atoms with Crippen LogP contribution in [0.25, 0.3) is 0 Å². The van der Waals surface area contributed by atoms with Crippen molar-refractivity contribution in [3.63, 3.8) is 0 Å². The van der Waals surface area contributed by atoms with Crippen molar-refractivity contribution >= 4 is 21.9 Å². The van der Waals surface area contributed by atoms with E-state index in [9.17, 15) is 9.90 Å². The molecule has 0 radical (unpaired) electrons. The smallest absolute Gasteiger partial charge is 0.307 e. The molecular formula is C12H14BrNO4. The maximum absolute atomic E-state index is 10.9. The van der Waals surface area contributed by atoms with Gasteiger partial charge in [0.2, 0.25) is 0 Å². The summed E-state index contributed by atoms with van der Waals surface area (Å²) in [6.07, 6.45) is 0.461. The lowest BCUT2D eigenvalue weighted by Gasteiger charge is -2.15. The van der Waals surface area contributed by atoms with Gasteiger partial charge in [-0.2, -0.15) is 0 Å². The molecular weight excluding hydrogens is 302 g/mol. The van der Waals surface area contributed by atoms with Crippen LogP contribution in [0.1, 0.15) is 18.0 Å². The highest BCUT2D eigenvalue weighted by Crippen LogP contribution is 2.40. The Kier molecular flexibility index (Phi) is 3.77. The molecule has 18 heavy (non-hydrogen) atoms. The van der Waals surface area contributed by atoms with Crippen LogP contribution in [-0.2, 0) is 4.79 Å². The van der Waals surface area contributed by atoms with Crippen molar-refractivity contribution in [2.45, 2.75) is 12.5 Å². The fraction of sp³-hybridized carbons (Fsp3) is 0.417. The molecule has 0 spiro atoms. The van der Waals surface area contributed by atoms with Gasteiger partial charge in [0.1, 0.15) is 0 Å². The number of rotatable bonds is 3. The Bertz CT molecular complexity index is 477. The number of aromatic hydroxyl groups is 1. The van der Waals surface area contributed by atoms with E-state index in [0.29, 0.717) is 24.3 Å². The number of hydrogen-bond donors (Lipinski definition) is 3. The number of hydrogen-bond acceptors (Lipinski definition) is 4. The van der Waals surface area contributed by atoms with Gasteiger partial charge >= 0.3 is 5.97 Å². The van der Waals surface area contributed by atoms with Crippen LogP contribution in [0, 0.1) is 5.92 Å². The Morgan fingerprint density at radius 2 is 2.28 bits per heavy atom. The summed E-state index contributed by atoms with van der Waals surface area (Å²) in [6, 6.07) is 3.28. The van der Waals surface area contributed by atoms with E-state index in [1.54, 1.807) is 12.1 Å². The second-order valence-electron chi connectivity index (χ2n) is 4.28. The largest absolute Gasteiger partial charge is 0.504 e. The quantitative estimate of drug-likeness (QED) is 0.794. The van der Waals surface area contributed by atoms with E-state index in [1.165, 1.54) is 7.11 Å². The number of benzene rings is 1. The van der Waals surface area contributed by atoms with E-state index in [2.05, 4.69) is 21.2 Å². The molecule has 1 fully saturated rings. The third-order valence-electron chi connectivity index (χ3n) is 3.14. The fourth-order valence-electron chi connectivity index (χ4n) is 2.18. The lowest BCUT2D eigenvalue weighted by Crippen LogP contribution is -2.17. The highest BCUT2D eigenvalue weighted by molar-refractivity contribution is 9.10. The second kappa shape index (κ2) is 5.16. The highest BCUT2D eigenvalue weighted by atomic mass is 79.9. The summed E-state index contributed by atoms with van der Waals surface area (Å²) in [5.74, 6) is -0.796. The molecule has 3 N–H and O–H groups in total. The number of carboxylic acids is 1. The van der Waals surface area contributed by atoms with Crippen LogP contribution in [0.2, 0.25) is 0 Å². The van der Waals surface area contributed by atoms with Crippen LogP contribution >= 0.6 is 15.9 Å². The first kappa shape index (κ1) is 13.2. The van der Waals surface area contributed by atoms with E-state index < -0.39 is 11.9 Å². The highest BCUT2D eigenvalue weighted by Gasteiger charge is 2.32. The molecule has 0 aliphatic carbocycles. The molecule has 1 aliphatic heterocycles. The molecule has 1 aromatic rings. The first-order chi connectivity index (χ1) is 8.52. The van der Waals surface area contributed by atoms with Crippen LogP contribution < -0.4 is 10.1 Å². The first-order valence-electron chi connectivity index (χ1n) is 5.55. The Morgan fingerprint density at radius 1 is 1.56 bits per heavy atom. The summed E-state index contributed by atoms with van der Waals surface area (Å²) < 4.78 is 5.86. The summed E-state index contributed by atoms with van der Waals surface area (Å²) in [4.78, 5) is 10.9. The van der Waals surface area contributed by atoms with Crippen molar-refractivity contribution in [3.8, 4) is 11.5 Å². The molecule has 2 unspecified atom stereocenters. The molecule has 1 aromatic carbocycles. The van der Waals surface area contributed by atoms with Crippen LogP contribution in [0.15, 0.2) is 16.6 Å². The summed E-state index contributed by atoms with van der Waals surface area (Å²) in [7, 11) is 1.48. The van der Waals surface area contributed by atoms with Crippen LogP contribution in [0.3, 0.4) is 0 Å². The van der Waals surface area contributed by atoms with Crippen molar-refractivity contribution in [2.24, 2.45) is 5.92 Å². The van der Waals surface area contributed by atoms with E-state index in [4.69, 9.17) is 9.84 Å². The zero-order valence-electron chi connectivity index (χ0n) is 9.81. The average molecular weight is 316 g/mol. The van der Waals surface area contributed by atoms with Crippen LogP contribution in [-0.4, -0.2) is 29.8 Å². The van der Waals surface area contributed by atoms with Gasteiger partial charge in [0, 0.05) is 22.6 Å². The van der Waals surface area contributed by atoms with Crippen molar-refractivity contribution in [2.75, 3.05) is 13.7 Å². The van der Waals surface area contributed by atoms with Gasteiger partial charge < -0.3 is 20.3 Å². The van der Waals surface area contributed by atoms with Gasteiger partial charge in [-0.3, -0.25) is 4.79 Å². The maximum Gasteiger partial charge on any atom is 0.307 e. The number of phenols is 1. The molecule has 0 amide bonds. The van der Waals surface area contributed by atoms with Crippen molar-refractivity contribution < 1.29 is 19.7 Å². The summed E-state index contributed by atoms with van der Waals surface area (Å²) >= 11 is 3.34. The van der Waals surface area contributed by atoms with Crippen LogP contribution in [0.5, 0.6) is 11.5 Å². The summed E-state index contributed by atoms with van der Waals surface area (Å²) in [5, 5.41) is 22.1. The minimum Gasteiger partial charge on any atom is -0.504 e. The SMILES string of the molecule is COc1cc(Br)cc(C2CC(C(=O)O)CN2)c1O.